The van der Waals surface area contributed by atoms with Crippen molar-refractivity contribution in [2.75, 3.05) is 46.3 Å². The summed E-state index contributed by atoms with van der Waals surface area (Å²) in [4.78, 5) is 26.6. The maximum atomic E-state index is 12.7. The summed E-state index contributed by atoms with van der Waals surface area (Å²) in [5, 5.41) is 7.95. The summed E-state index contributed by atoms with van der Waals surface area (Å²) in [7, 11) is 3.18. The molecular formula is C20H23N5O5S. The first-order chi connectivity index (χ1) is 15.2. The number of ether oxygens (including phenoxy) is 3. The van der Waals surface area contributed by atoms with E-state index in [4.69, 9.17) is 19.0 Å². The number of rotatable bonds is 8. The molecule has 1 fully saturated rings. The van der Waals surface area contributed by atoms with Gasteiger partial charge in [-0.1, -0.05) is 4.85 Å². The summed E-state index contributed by atoms with van der Waals surface area (Å²) in [5.41, 5.74) is 1.19. The Labute approximate surface area is 183 Å². The molecule has 1 saturated heterocycles. The smallest absolute Gasteiger partial charge is 0.233 e. The highest BCUT2D eigenvalue weighted by Gasteiger charge is 2.25. The molecule has 0 bridgehead atoms. The number of hydrogen-bond donors (Lipinski definition) is 0. The summed E-state index contributed by atoms with van der Waals surface area (Å²) >= 11 is 1.46. The molecule has 3 heterocycles. The molecule has 164 valence electrons. The first-order valence-electron chi connectivity index (χ1n) is 9.72. The van der Waals surface area contributed by atoms with Gasteiger partial charge in [0.25, 0.3) is 0 Å². The van der Waals surface area contributed by atoms with E-state index in [0.717, 1.165) is 4.90 Å². The molecule has 0 N–H and O–H groups in total. The Morgan fingerprint density at radius 2 is 2.13 bits per heavy atom. The van der Waals surface area contributed by atoms with Crippen molar-refractivity contribution in [1.29, 1.82) is 0 Å². The Hall–Kier alpha value is -3.05. The van der Waals surface area contributed by atoms with Crippen LogP contribution in [0.2, 0.25) is 0 Å². The van der Waals surface area contributed by atoms with Gasteiger partial charge in [-0.05, 0) is 35.5 Å². The number of aromatic nitrogens is 4. The Bertz CT molecular complexity index is 1050. The summed E-state index contributed by atoms with van der Waals surface area (Å²) in [5.74, 6) is 1.66. The molecule has 1 unspecified atom stereocenters. The van der Waals surface area contributed by atoms with Crippen LogP contribution in [0, 0.1) is 0 Å². The maximum Gasteiger partial charge on any atom is 0.233 e. The fourth-order valence-corrected chi connectivity index (χ4v) is 4.00. The van der Waals surface area contributed by atoms with Crippen molar-refractivity contribution in [3.05, 3.63) is 36.5 Å². The molecule has 1 atom stereocenters. The lowest BCUT2D eigenvalue weighted by Crippen LogP contribution is -2.48. The number of fused-ring (bicyclic) bond motifs is 1. The van der Waals surface area contributed by atoms with Crippen LogP contribution in [0.3, 0.4) is 0 Å². The number of hydrogen-bond acceptors (Lipinski definition) is 9. The van der Waals surface area contributed by atoms with E-state index in [-0.39, 0.29) is 18.6 Å². The Morgan fingerprint density at radius 3 is 2.97 bits per heavy atom. The molecule has 3 aromatic rings. The lowest BCUT2D eigenvalue weighted by Gasteiger charge is -2.32. The highest BCUT2D eigenvalue weighted by Crippen LogP contribution is 2.32. The second-order valence-corrected chi connectivity index (χ2v) is 7.79. The van der Waals surface area contributed by atoms with E-state index < -0.39 is 0 Å². The van der Waals surface area contributed by atoms with Crippen LogP contribution in [-0.4, -0.2) is 83.3 Å². The van der Waals surface area contributed by atoms with E-state index in [2.05, 4.69) is 15.3 Å². The van der Waals surface area contributed by atoms with Crippen molar-refractivity contribution in [3.8, 4) is 11.5 Å². The molecule has 1 amide bonds. The molecule has 0 spiro atoms. The summed E-state index contributed by atoms with van der Waals surface area (Å²) in [6, 6.07) is 9.20. The van der Waals surface area contributed by atoms with Crippen molar-refractivity contribution in [3.63, 3.8) is 0 Å². The largest absolute Gasteiger partial charge is 0.493 e. The zero-order valence-electron chi connectivity index (χ0n) is 17.3. The van der Waals surface area contributed by atoms with E-state index in [1.165, 1.54) is 16.6 Å². The normalized spacial score (nSPS) is 16.3. The highest BCUT2D eigenvalue weighted by molar-refractivity contribution is 8.00. The van der Waals surface area contributed by atoms with Gasteiger partial charge in [-0.25, -0.2) is 4.98 Å². The standard InChI is InChI=1S/C20H23N5O5S/c1-27-17-6-5-15(10-18(17)28-2)31-13-19(26)24-8-9-29-14(11-24)12-30-25-20-16(22-23-25)4-3-7-21-20/h3-7,10,14H,8-9,11-13H2,1-2H3. The molecule has 0 aliphatic carbocycles. The van der Waals surface area contributed by atoms with Gasteiger partial charge >= 0.3 is 0 Å². The zero-order chi connectivity index (χ0) is 21.6. The van der Waals surface area contributed by atoms with Crippen LogP contribution in [0.1, 0.15) is 0 Å². The topological polar surface area (TPSA) is 101 Å². The van der Waals surface area contributed by atoms with Crippen molar-refractivity contribution in [2.24, 2.45) is 0 Å². The van der Waals surface area contributed by atoms with Crippen LogP contribution in [-0.2, 0) is 9.53 Å². The van der Waals surface area contributed by atoms with E-state index >= 15 is 0 Å². The van der Waals surface area contributed by atoms with Crippen LogP contribution in [0.4, 0.5) is 0 Å². The van der Waals surface area contributed by atoms with Gasteiger partial charge in [0.15, 0.2) is 11.5 Å². The summed E-state index contributed by atoms with van der Waals surface area (Å²) in [6.07, 6.45) is 1.39. The number of amides is 1. The van der Waals surface area contributed by atoms with Gasteiger partial charge in [0.05, 0.1) is 33.1 Å². The number of morpholine rings is 1. The monoisotopic (exact) mass is 445 g/mol. The molecule has 4 rings (SSSR count). The van der Waals surface area contributed by atoms with E-state index in [1.807, 2.05) is 24.3 Å². The van der Waals surface area contributed by atoms with Crippen LogP contribution in [0.25, 0.3) is 11.2 Å². The molecule has 31 heavy (non-hydrogen) atoms. The van der Waals surface area contributed by atoms with Crippen LogP contribution < -0.4 is 14.3 Å². The predicted octanol–water partition coefficient (Wildman–Crippen LogP) is 1.29. The first-order valence-corrected chi connectivity index (χ1v) is 10.7. The fraction of sp³-hybridized carbons (Fsp3) is 0.400. The van der Waals surface area contributed by atoms with Gasteiger partial charge in [0.1, 0.15) is 18.2 Å². The molecule has 1 aliphatic heterocycles. The molecule has 2 aromatic heterocycles. The van der Waals surface area contributed by atoms with E-state index in [0.29, 0.717) is 48.1 Å². The number of nitrogens with zero attached hydrogens (tertiary/aromatic N) is 5. The Balaban J connectivity index is 1.29. The maximum absolute atomic E-state index is 12.7. The summed E-state index contributed by atoms with van der Waals surface area (Å²) in [6.45, 7) is 1.69. The molecular weight excluding hydrogens is 422 g/mol. The highest BCUT2D eigenvalue weighted by atomic mass is 32.2. The van der Waals surface area contributed by atoms with Gasteiger partial charge in [0, 0.05) is 17.6 Å². The predicted molar refractivity (Wildman–Crippen MR) is 113 cm³/mol. The lowest BCUT2D eigenvalue weighted by molar-refractivity contribution is -0.138. The Kier molecular flexibility index (Phi) is 6.73. The van der Waals surface area contributed by atoms with Crippen molar-refractivity contribution < 1.29 is 23.8 Å². The SMILES string of the molecule is COc1ccc(SCC(=O)N2CCOC(COn3nnc4cccnc43)C2)cc1OC. The van der Waals surface area contributed by atoms with Gasteiger partial charge in [0.2, 0.25) is 11.6 Å². The van der Waals surface area contributed by atoms with Crippen LogP contribution in [0.5, 0.6) is 11.5 Å². The van der Waals surface area contributed by atoms with Gasteiger partial charge in [-0.15, -0.1) is 16.9 Å². The quantitative estimate of drug-likeness (QED) is 0.475. The number of pyridine rings is 1. The lowest BCUT2D eigenvalue weighted by atomic mass is 10.3. The van der Waals surface area contributed by atoms with Crippen LogP contribution in [0.15, 0.2) is 41.4 Å². The number of methoxy groups -OCH3 is 2. The number of benzene rings is 1. The van der Waals surface area contributed by atoms with Crippen molar-refractivity contribution >= 4 is 28.8 Å². The summed E-state index contributed by atoms with van der Waals surface area (Å²) < 4.78 is 16.3. The fourth-order valence-electron chi connectivity index (χ4n) is 3.18. The molecule has 0 saturated carbocycles. The van der Waals surface area contributed by atoms with E-state index in [1.54, 1.807) is 31.4 Å². The average molecular weight is 446 g/mol. The number of carbonyl (C=O) groups is 1. The number of carbonyl (C=O) groups excluding carboxylic acids is 1. The number of thioether (sulfide) groups is 1. The second-order valence-electron chi connectivity index (χ2n) is 6.74. The first kappa shape index (κ1) is 21.2. The van der Waals surface area contributed by atoms with Crippen molar-refractivity contribution in [2.45, 2.75) is 11.0 Å². The van der Waals surface area contributed by atoms with Gasteiger partial charge in [-0.2, -0.15) is 0 Å². The second kappa shape index (κ2) is 9.84. The minimum atomic E-state index is -0.258. The molecule has 11 heteroatoms. The average Bonchev–Trinajstić information content (AvgIpc) is 3.24. The third-order valence-electron chi connectivity index (χ3n) is 4.77. The van der Waals surface area contributed by atoms with Crippen LogP contribution >= 0.6 is 11.8 Å². The van der Waals surface area contributed by atoms with Crippen molar-refractivity contribution in [1.82, 2.24) is 25.0 Å². The van der Waals surface area contributed by atoms with Gasteiger partial charge < -0.3 is 23.9 Å². The zero-order valence-corrected chi connectivity index (χ0v) is 18.1. The minimum absolute atomic E-state index is 0.0426. The van der Waals surface area contributed by atoms with Gasteiger partial charge in [-0.3, -0.25) is 4.79 Å². The van der Waals surface area contributed by atoms with E-state index in [9.17, 15) is 4.79 Å². The third kappa shape index (κ3) is 5.00. The minimum Gasteiger partial charge on any atom is -0.493 e. The molecule has 1 aromatic carbocycles. The third-order valence-corrected chi connectivity index (χ3v) is 5.75. The molecule has 10 nitrogen and oxygen atoms in total. The Morgan fingerprint density at radius 1 is 1.26 bits per heavy atom. The molecule has 0 radical (unpaired) electrons. The molecule has 1 aliphatic rings.